The zero-order valence-electron chi connectivity index (χ0n) is 15.7. The van der Waals surface area contributed by atoms with Gasteiger partial charge in [-0.1, -0.05) is 54.6 Å². The van der Waals surface area contributed by atoms with Gasteiger partial charge in [-0.3, -0.25) is 0 Å². The summed E-state index contributed by atoms with van der Waals surface area (Å²) in [6, 6.07) is 24.9. The van der Waals surface area contributed by atoms with Crippen LogP contribution in [0.4, 0.5) is 5.69 Å². The van der Waals surface area contributed by atoms with Gasteiger partial charge in [-0.05, 0) is 41.0 Å². The summed E-state index contributed by atoms with van der Waals surface area (Å²) < 4.78 is 5.44. The summed E-state index contributed by atoms with van der Waals surface area (Å²) in [6.45, 7) is 0.211. The highest BCUT2D eigenvalue weighted by Crippen LogP contribution is 2.37. The van der Waals surface area contributed by atoms with Crippen molar-refractivity contribution in [3.8, 4) is 5.75 Å². The molecule has 140 valence electrons. The summed E-state index contributed by atoms with van der Waals surface area (Å²) >= 11 is 0. The first-order chi connectivity index (χ1) is 13.1. The molecule has 2 N–H and O–H groups in total. The number of hydrogen-bond acceptors (Lipinski definition) is 4. The third-order valence-corrected chi connectivity index (χ3v) is 4.63. The predicted octanol–water partition coefficient (Wildman–Crippen LogP) is 3.41. The Labute approximate surface area is 160 Å². The second kappa shape index (κ2) is 8.25. The normalized spacial score (nSPS) is 13.0. The van der Waals surface area contributed by atoms with Crippen LogP contribution in [0.25, 0.3) is 0 Å². The Hall–Kier alpha value is -2.82. The van der Waals surface area contributed by atoms with Crippen LogP contribution in [0.1, 0.15) is 16.7 Å². The van der Waals surface area contributed by atoms with Gasteiger partial charge >= 0.3 is 0 Å². The lowest BCUT2D eigenvalue weighted by Gasteiger charge is -2.30. The molecular formula is C23H25NO3. The number of aliphatic hydroxyl groups is 2. The van der Waals surface area contributed by atoms with Crippen LogP contribution in [0, 0.1) is 0 Å². The average molecular weight is 363 g/mol. The van der Waals surface area contributed by atoms with Crippen molar-refractivity contribution in [2.75, 3.05) is 32.2 Å². The zero-order chi connectivity index (χ0) is 19.3. The molecule has 1 atom stereocenters. The Kier molecular flexibility index (Phi) is 5.79. The molecule has 3 aromatic carbocycles. The van der Waals surface area contributed by atoms with Gasteiger partial charge in [-0.15, -0.1) is 0 Å². The molecule has 3 rings (SSSR count). The third kappa shape index (κ3) is 3.97. The number of aliphatic hydroxyl groups excluding tert-OH is 1. The van der Waals surface area contributed by atoms with Crippen LogP contribution in [-0.2, 0) is 5.60 Å². The van der Waals surface area contributed by atoms with E-state index in [2.05, 4.69) is 0 Å². The van der Waals surface area contributed by atoms with Gasteiger partial charge in [0.25, 0.3) is 0 Å². The number of hydrogen-bond donors (Lipinski definition) is 2. The minimum atomic E-state index is -1.28. The maximum Gasteiger partial charge on any atom is 0.140 e. The van der Waals surface area contributed by atoms with E-state index >= 15 is 0 Å². The van der Waals surface area contributed by atoms with E-state index in [0.717, 1.165) is 22.4 Å². The fourth-order valence-corrected chi connectivity index (χ4v) is 3.14. The quantitative estimate of drug-likeness (QED) is 0.632. The first kappa shape index (κ1) is 19.0. The van der Waals surface area contributed by atoms with Crippen molar-refractivity contribution in [2.24, 2.45) is 0 Å². The minimum absolute atomic E-state index is 0.0338. The Bertz CT molecular complexity index is 845. The smallest absolute Gasteiger partial charge is 0.140 e. The predicted molar refractivity (Wildman–Crippen MR) is 108 cm³/mol. The molecule has 0 radical (unpaired) electrons. The number of nitrogens with zero attached hydrogens (tertiary/aromatic N) is 1. The topological polar surface area (TPSA) is 52.9 Å². The Morgan fingerprint density at radius 2 is 1.30 bits per heavy atom. The molecule has 0 aromatic heterocycles. The summed E-state index contributed by atoms with van der Waals surface area (Å²) in [5.74, 6) is 0.658. The number of anilines is 1. The number of benzene rings is 3. The molecule has 0 aliphatic carbocycles. The lowest BCUT2D eigenvalue weighted by molar-refractivity contribution is 0.125. The van der Waals surface area contributed by atoms with E-state index in [1.807, 2.05) is 97.9 Å². The van der Waals surface area contributed by atoms with Gasteiger partial charge < -0.3 is 19.8 Å². The molecule has 0 saturated carbocycles. The molecule has 3 aromatic rings. The van der Waals surface area contributed by atoms with Crippen LogP contribution in [0.3, 0.4) is 0 Å². The molecule has 4 nitrogen and oxygen atoms in total. The van der Waals surface area contributed by atoms with Crippen molar-refractivity contribution >= 4 is 5.69 Å². The molecule has 0 fully saturated rings. The van der Waals surface area contributed by atoms with Crippen molar-refractivity contribution in [3.63, 3.8) is 0 Å². The SMILES string of the molecule is CN(C)c1ccc(C(O)(c2ccccc2)c2ccc(OCCO)cc2)cc1. The van der Waals surface area contributed by atoms with Crippen LogP contribution in [0.5, 0.6) is 5.75 Å². The molecule has 0 spiro atoms. The fourth-order valence-electron chi connectivity index (χ4n) is 3.14. The van der Waals surface area contributed by atoms with Crippen LogP contribution < -0.4 is 9.64 Å². The number of rotatable bonds is 7. The fraction of sp³-hybridized carbons (Fsp3) is 0.217. The van der Waals surface area contributed by atoms with Gasteiger partial charge in [0, 0.05) is 19.8 Å². The van der Waals surface area contributed by atoms with E-state index in [1.54, 1.807) is 0 Å². The van der Waals surface area contributed by atoms with E-state index in [4.69, 9.17) is 9.84 Å². The maximum atomic E-state index is 11.8. The van der Waals surface area contributed by atoms with E-state index in [9.17, 15) is 5.11 Å². The van der Waals surface area contributed by atoms with Gasteiger partial charge in [-0.2, -0.15) is 0 Å². The van der Waals surface area contributed by atoms with Crippen LogP contribution in [0.2, 0.25) is 0 Å². The summed E-state index contributed by atoms with van der Waals surface area (Å²) in [7, 11) is 3.98. The van der Waals surface area contributed by atoms with Gasteiger partial charge in [0.15, 0.2) is 0 Å². The number of ether oxygens (including phenoxy) is 1. The summed E-state index contributed by atoms with van der Waals surface area (Å²) in [4.78, 5) is 2.03. The van der Waals surface area contributed by atoms with Crippen molar-refractivity contribution in [1.29, 1.82) is 0 Å². The highest BCUT2D eigenvalue weighted by atomic mass is 16.5. The van der Waals surface area contributed by atoms with Crippen molar-refractivity contribution in [2.45, 2.75) is 5.60 Å². The van der Waals surface area contributed by atoms with E-state index in [1.165, 1.54) is 0 Å². The Morgan fingerprint density at radius 3 is 1.81 bits per heavy atom. The second-order valence-electron chi connectivity index (χ2n) is 6.61. The standard InChI is InChI=1S/C23H25NO3/c1-24(2)21-12-8-19(9-13-21)23(26,18-6-4-3-5-7-18)20-10-14-22(15-11-20)27-17-16-25/h3-15,25-26H,16-17H2,1-2H3. The monoisotopic (exact) mass is 363 g/mol. The van der Waals surface area contributed by atoms with Crippen LogP contribution >= 0.6 is 0 Å². The molecule has 4 heteroatoms. The lowest BCUT2D eigenvalue weighted by Crippen LogP contribution is -2.28. The van der Waals surface area contributed by atoms with Gasteiger partial charge in [0.2, 0.25) is 0 Å². The second-order valence-corrected chi connectivity index (χ2v) is 6.61. The van der Waals surface area contributed by atoms with Crippen molar-refractivity contribution < 1.29 is 14.9 Å². The van der Waals surface area contributed by atoms with Gasteiger partial charge in [-0.25, -0.2) is 0 Å². The minimum Gasteiger partial charge on any atom is -0.491 e. The molecule has 1 unspecified atom stereocenters. The highest BCUT2D eigenvalue weighted by molar-refractivity contribution is 5.53. The van der Waals surface area contributed by atoms with E-state index < -0.39 is 5.60 Å². The van der Waals surface area contributed by atoms with Crippen LogP contribution in [0.15, 0.2) is 78.9 Å². The Morgan fingerprint density at radius 1 is 0.778 bits per heavy atom. The molecule has 0 heterocycles. The molecule has 0 bridgehead atoms. The zero-order valence-corrected chi connectivity index (χ0v) is 15.7. The largest absolute Gasteiger partial charge is 0.491 e. The summed E-state index contributed by atoms with van der Waals surface area (Å²) in [6.07, 6.45) is 0. The van der Waals surface area contributed by atoms with Gasteiger partial charge in [0.1, 0.15) is 18.0 Å². The molecule has 0 amide bonds. The van der Waals surface area contributed by atoms with Crippen molar-refractivity contribution in [1.82, 2.24) is 0 Å². The molecule has 27 heavy (non-hydrogen) atoms. The lowest BCUT2D eigenvalue weighted by atomic mass is 9.80. The third-order valence-electron chi connectivity index (χ3n) is 4.63. The van der Waals surface area contributed by atoms with Crippen LogP contribution in [-0.4, -0.2) is 37.5 Å². The van der Waals surface area contributed by atoms with E-state index in [0.29, 0.717) is 5.75 Å². The first-order valence-electron chi connectivity index (χ1n) is 8.95. The first-order valence-corrected chi connectivity index (χ1v) is 8.95. The molecule has 0 saturated heterocycles. The molecular weight excluding hydrogens is 338 g/mol. The summed E-state index contributed by atoms with van der Waals surface area (Å²) in [5.41, 5.74) is 2.14. The highest BCUT2D eigenvalue weighted by Gasteiger charge is 2.33. The molecule has 0 aliphatic heterocycles. The summed E-state index contributed by atoms with van der Waals surface area (Å²) in [5, 5.41) is 20.7. The molecule has 0 aliphatic rings. The Balaban J connectivity index is 2.05. The van der Waals surface area contributed by atoms with E-state index in [-0.39, 0.29) is 13.2 Å². The van der Waals surface area contributed by atoms with Gasteiger partial charge in [0.05, 0.1) is 6.61 Å². The maximum absolute atomic E-state index is 11.8. The van der Waals surface area contributed by atoms with Crippen molar-refractivity contribution in [3.05, 3.63) is 95.6 Å². The average Bonchev–Trinajstić information content (AvgIpc) is 2.72.